The van der Waals surface area contributed by atoms with E-state index in [1.54, 1.807) is 0 Å². The molecule has 1 saturated heterocycles. The molecule has 0 bridgehead atoms. The first kappa shape index (κ1) is 15.1. The van der Waals surface area contributed by atoms with Crippen LogP contribution in [0.4, 0.5) is 11.4 Å². The fourth-order valence-corrected chi connectivity index (χ4v) is 2.90. The quantitative estimate of drug-likeness (QED) is 0.844. The zero-order valence-electron chi connectivity index (χ0n) is 13.0. The third-order valence-electron chi connectivity index (χ3n) is 4.20. The predicted octanol–water partition coefficient (Wildman–Crippen LogP) is 1.10. The molecule has 120 valence electrons. The molecule has 0 spiro atoms. The summed E-state index contributed by atoms with van der Waals surface area (Å²) in [6.45, 7) is 6.80. The van der Waals surface area contributed by atoms with Gasteiger partial charge in [0.1, 0.15) is 5.75 Å². The molecule has 1 aromatic carbocycles. The second kappa shape index (κ2) is 6.54. The van der Waals surface area contributed by atoms with Crippen molar-refractivity contribution in [1.82, 2.24) is 4.90 Å². The summed E-state index contributed by atoms with van der Waals surface area (Å²) >= 11 is 0. The Balaban J connectivity index is 1.77. The number of nitrogens with two attached hydrogens (primary N) is 1. The number of nitrogen functional groups attached to an aromatic ring is 1. The van der Waals surface area contributed by atoms with E-state index in [9.17, 15) is 4.79 Å². The van der Waals surface area contributed by atoms with E-state index in [0.29, 0.717) is 18.7 Å². The molecule has 0 aromatic heterocycles. The van der Waals surface area contributed by atoms with Crippen molar-refractivity contribution >= 4 is 17.3 Å². The highest BCUT2D eigenvalue weighted by Gasteiger charge is 2.33. The van der Waals surface area contributed by atoms with Gasteiger partial charge in [0, 0.05) is 31.9 Å². The van der Waals surface area contributed by atoms with Gasteiger partial charge in [-0.05, 0) is 24.6 Å². The van der Waals surface area contributed by atoms with Crippen LogP contribution < -0.4 is 15.4 Å². The molecule has 3 rings (SSSR count). The number of fused-ring (bicyclic) bond motifs is 1. The lowest BCUT2D eigenvalue weighted by molar-refractivity contribution is -0.126. The van der Waals surface area contributed by atoms with E-state index in [-0.39, 0.29) is 5.91 Å². The number of benzene rings is 1. The van der Waals surface area contributed by atoms with E-state index in [0.717, 1.165) is 44.3 Å². The number of nitrogens with zero attached hydrogens (tertiary/aromatic N) is 2. The molecule has 1 aromatic rings. The van der Waals surface area contributed by atoms with Crippen LogP contribution in [-0.2, 0) is 9.53 Å². The average Bonchev–Trinajstić information content (AvgIpc) is 2.54. The lowest BCUT2D eigenvalue weighted by Gasteiger charge is -2.36. The largest absolute Gasteiger partial charge is 0.478 e. The first-order valence-electron chi connectivity index (χ1n) is 7.86. The lowest BCUT2D eigenvalue weighted by Crippen LogP contribution is -2.49. The van der Waals surface area contributed by atoms with Crippen molar-refractivity contribution in [1.29, 1.82) is 0 Å². The SMILES string of the molecule is CCC1Oc2ccc(N)cc2N(CCN2CCOCC2)C1=O. The van der Waals surface area contributed by atoms with Crippen LogP contribution in [0.1, 0.15) is 13.3 Å². The molecular formula is C16H23N3O3. The summed E-state index contributed by atoms with van der Waals surface area (Å²) in [5, 5.41) is 0. The summed E-state index contributed by atoms with van der Waals surface area (Å²) in [7, 11) is 0. The van der Waals surface area contributed by atoms with Crippen LogP contribution in [0, 0.1) is 0 Å². The maximum atomic E-state index is 12.6. The molecule has 1 unspecified atom stereocenters. The second-order valence-corrected chi connectivity index (χ2v) is 5.69. The minimum absolute atomic E-state index is 0.0221. The van der Waals surface area contributed by atoms with E-state index in [1.807, 2.05) is 30.0 Å². The minimum atomic E-state index is -0.402. The molecular weight excluding hydrogens is 282 g/mol. The van der Waals surface area contributed by atoms with Gasteiger partial charge in [0.05, 0.1) is 18.9 Å². The Morgan fingerprint density at radius 2 is 2.05 bits per heavy atom. The Kier molecular flexibility index (Phi) is 4.49. The van der Waals surface area contributed by atoms with Crippen LogP contribution in [0.15, 0.2) is 18.2 Å². The first-order chi connectivity index (χ1) is 10.7. The van der Waals surface area contributed by atoms with Crippen LogP contribution in [0.2, 0.25) is 0 Å². The van der Waals surface area contributed by atoms with Gasteiger partial charge >= 0.3 is 0 Å². The van der Waals surface area contributed by atoms with Crippen molar-refractivity contribution in [3.05, 3.63) is 18.2 Å². The van der Waals surface area contributed by atoms with E-state index >= 15 is 0 Å². The van der Waals surface area contributed by atoms with Crippen molar-refractivity contribution in [2.24, 2.45) is 0 Å². The van der Waals surface area contributed by atoms with Gasteiger partial charge in [-0.3, -0.25) is 9.69 Å². The molecule has 22 heavy (non-hydrogen) atoms. The van der Waals surface area contributed by atoms with Crippen molar-refractivity contribution in [3.63, 3.8) is 0 Å². The van der Waals surface area contributed by atoms with Crippen molar-refractivity contribution in [2.75, 3.05) is 50.0 Å². The summed E-state index contributed by atoms with van der Waals surface area (Å²) in [5.74, 6) is 0.761. The number of amides is 1. The molecule has 6 nitrogen and oxygen atoms in total. The van der Waals surface area contributed by atoms with E-state index in [1.165, 1.54) is 0 Å². The predicted molar refractivity (Wildman–Crippen MR) is 85.2 cm³/mol. The summed E-state index contributed by atoms with van der Waals surface area (Å²) in [6.07, 6.45) is 0.261. The summed E-state index contributed by atoms with van der Waals surface area (Å²) < 4.78 is 11.2. The Hall–Kier alpha value is -1.79. The number of carbonyl (C=O) groups excluding carboxylic acids is 1. The summed E-state index contributed by atoms with van der Waals surface area (Å²) in [4.78, 5) is 16.8. The fourth-order valence-electron chi connectivity index (χ4n) is 2.90. The maximum absolute atomic E-state index is 12.6. The molecule has 2 aliphatic rings. The zero-order chi connectivity index (χ0) is 15.5. The van der Waals surface area contributed by atoms with E-state index in [2.05, 4.69) is 4.90 Å². The van der Waals surface area contributed by atoms with Gasteiger partial charge in [0.15, 0.2) is 6.10 Å². The number of morpholine rings is 1. The van der Waals surface area contributed by atoms with Gasteiger partial charge < -0.3 is 20.1 Å². The molecule has 2 aliphatic heterocycles. The molecule has 6 heteroatoms. The number of rotatable bonds is 4. The molecule has 2 heterocycles. The Morgan fingerprint density at radius 1 is 1.27 bits per heavy atom. The van der Waals surface area contributed by atoms with Crippen LogP contribution in [0.5, 0.6) is 5.75 Å². The van der Waals surface area contributed by atoms with Gasteiger partial charge in [-0.2, -0.15) is 0 Å². The normalized spacial score (nSPS) is 22.3. The molecule has 0 saturated carbocycles. The van der Waals surface area contributed by atoms with Crippen LogP contribution >= 0.6 is 0 Å². The zero-order valence-corrected chi connectivity index (χ0v) is 13.0. The highest BCUT2D eigenvalue weighted by Crippen LogP contribution is 2.36. The van der Waals surface area contributed by atoms with Gasteiger partial charge in [-0.25, -0.2) is 0 Å². The van der Waals surface area contributed by atoms with Crippen molar-refractivity contribution < 1.29 is 14.3 Å². The molecule has 1 atom stereocenters. The number of hydrogen-bond donors (Lipinski definition) is 1. The second-order valence-electron chi connectivity index (χ2n) is 5.69. The average molecular weight is 305 g/mol. The van der Waals surface area contributed by atoms with Gasteiger partial charge in [-0.1, -0.05) is 6.92 Å². The third kappa shape index (κ3) is 3.03. The van der Waals surface area contributed by atoms with Crippen molar-refractivity contribution in [2.45, 2.75) is 19.4 Å². The standard InChI is InChI=1S/C16H23N3O3/c1-2-14-16(20)19(6-5-18-7-9-21-10-8-18)13-11-12(17)3-4-15(13)22-14/h3-4,11,14H,2,5-10,17H2,1H3. The Morgan fingerprint density at radius 3 is 2.77 bits per heavy atom. The molecule has 0 radical (unpaired) electrons. The lowest BCUT2D eigenvalue weighted by atomic mass is 10.1. The Bertz CT molecular complexity index is 543. The van der Waals surface area contributed by atoms with Crippen LogP contribution in [0.3, 0.4) is 0 Å². The highest BCUT2D eigenvalue weighted by atomic mass is 16.5. The Labute approximate surface area is 130 Å². The third-order valence-corrected chi connectivity index (χ3v) is 4.20. The summed E-state index contributed by atoms with van der Waals surface area (Å²) in [6, 6.07) is 5.47. The molecule has 1 amide bonds. The highest BCUT2D eigenvalue weighted by molar-refractivity contribution is 6.00. The number of ether oxygens (including phenoxy) is 2. The monoisotopic (exact) mass is 305 g/mol. The fraction of sp³-hybridized carbons (Fsp3) is 0.562. The molecule has 2 N–H and O–H groups in total. The summed E-state index contributed by atoms with van der Waals surface area (Å²) in [5.41, 5.74) is 7.30. The van der Waals surface area contributed by atoms with Crippen molar-refractivity contribution in [3.8, 4) is 5.75 Å². The molecule has 1 fully saturated rings. The van der Waals surface area contributed by atoms with E-state index in [4.69, 9.17) is 15.2 Å². The number of hydrogen-bond acceptors (Lipinski definition) is 5. The van der Waals surface area contributed by atoms with Gasteiger partial charge in [0.2, 0.25) is 0 Å². The van der Waals surface area contributed by atoms with Gasteiger partial charge in [0.25, 0.3) is 5.91 Å². The first-order valence-corrected chi connectivity index (χ1v) is 7.86. The topological polar surface area (TPSA) is 68.0 Å². The molecule has 0 aliphatic carbocycles. The van der Waals surface area contributed by atoms with Crippen LogP contribution in [-0.4, -0.2) is 56.3 Å². The van der Waals surface area contributed by atoms with Gasteiger partial charge in [-0.15, -0.1) is 0 Å². The van der Waals surface area contributed by atoms with Crippen LogP contribution in [0.25, 0.3) is 0 Å². The smallest absolute Gasteiger partial charge is 0.268 e. The number of carbonyl (C=O) groups is 1. The maximum Gasteiger partial charge on any atom is 0.268 e. The minimum Gasteiger partial charge on any atom is -0.478 e. The number of anilines is 2. The van der Waals surface area contributed by atoms with E-state index < -0.39 is 6.10 Å².